The van der Waals surface area contributed by atoms with Crippen molar-refractivity contribution in [3.8, 4) is 0 Å². The molecule has 4 heteroatoms. The van der Waals surface area contributed by atoms with Gasteiger partial charge in [-0.05, 0) is 37.5 Å². The monoisotopic (exact) mass is 279 g/mol. The van der Waals surface area contributed by atoms with Gasteiger partial charge in [0.2, 0.25) is 0 Å². The molecule has 0 spiro atoms. The maximum Gasteiger partial charge on any atom is 0.0718 e. The molecule has 0 amide bonds. The van der Waals surface area contributed by atoms with E-state index in [1.54, 1.807) is 7.11 Å². The molecule has 0 bridgehead atoms. The SMILES string of the molecule is CCOC1CC(Nc2cccc(COCCOC)c2)C1. The van der Waals surface area contributed by atoms with Crippen molar-refractivity contribution in [2.75, 3.05) is 32.2 Å². The zero-order chi connectivity index (χ0) is 14.2. The Hall–Kier alpha value is -1.10. The number of methoxy groups -OCH3 is 1. The van der Waals surface area contributed by atoms with E-state index >= 15 is 0 Å². The third-order valence-electron chi connectivity index (χ3n) is 3.50. The summed E-state index contributed by atoms with van der Waals surface area (Å²) in [6, 6.07) is 8.95. The summed E-state index contributed by atoms with van der Waals surface area (Å²) < 4.78 is 16.1. The van der Waals surface area contributed by atoms with E-state index in [1.807, 2.05) is 6.92 Å². The van der Waals surface area contributed by atoms with E-state index in [-0.39, 0.29) is 0 Å². The maximum atomic E-state index is 5.57. The molecule has 112 valence electrons. The fourth-order valence-electron chi connectivity index (χ4n) is 2.37. The van der Waals surface area contributed by atoms with Gasteiger partial charge in [-0.2, -0.15) is 0 Å². The van der Waals surface area contributed by atoms with E-state index < -0.39 is 0 Å². The molecule has 1 aliphatic carbocycles. The number of ether oxygens (including phenoxy) is 3. The van der Waals surface area contributed by atoms with Gasteiger partial charge in [-0.25, -0.2) is 0 Å². The molecule has 1 aliphatic rings. The number of rotatable bonds is 9. The molecule has 1 aromatic carbocycles. The molecule has 20 heavy (non-hydrogen) atoms. The highest BCUT2D eigenvalue weighted by atomic mass is 16.5. The first-order valence-corrected chi connectivity index (χ1v) is 7.35. The van der Waals surface area contributed by atoms with Crippen LogP contribution >= 0.6 is 0 Å². The van der Waals surface area contributed by atoms with E-state index in [2.05, 4.69) is 29.6 Å². The lowest BCUT2D eigenvalue weighted by atomic mass is 9.89. The normalized spacial score (nSPS) is 21.5. The van der Waals surface area contributed by atoms with Crippen molar-refractivity contribution < 1.29 is 14.2 Å². The summed E-state index contributed by atoms with van der Waals surface area (Å²) in [6.45, 7) is 4.76. The van der Waals surface area contributed by atoms with Crippen LogP contribution in [0.15, 0.2) is 24.3 Å². The maximum absolute atomic E-state index is 5.57. The number of benzene rings is 1. The van der Waals surface area contributed by atoms with Crippen LogP contribution in [0.1, 0.15) is 25.3 Å². The van der Waals surface area contributed by atoms with Gasteiger partial charge in [0.25, 0.3) is 0 Å². The number of hydrogen-bond donors (Lipinski definition) is 1. The predicted octanol–water partition coefficient (Wildman–Crippen LogP) is 2.83. The Labute approximate surface area is 121 Å². The van der Waals surface area contributed by atoms with E-state index in [1.165, 1.54) is 5.56 Å². The van der Waals surface area contributed by atoms with Gasteiger partial charge in [0.15, 0.2) is 0 Å². The summed E-state index contributed by atoms with van der Waals surface area (Å²) in [5.74, 6) is 0. The van der Waals surface area contributed by atoms with Crippen LogP contribution < -0.4 is 5.32 Å². The quantitative estimate of drug-likeness (QED) is 0.706. The van der Waals surface area contributed by atoms with E-state index in [9.17, 15) is 0 Å². The Bertz CT molecular complexity index is 391. The van der Waals surface area contributed by atoms with Crippen LogP contribution in [0, 0.1) is 0 Å². The van der Waals surface area contributed by atoms with Gasteiger partial charge >= 0.3 is 0 Å². The average molecular weight is 279 g/mol. The van der Waals surface area contributed by atoms with Crippen LogP contribution in [0.25, 0.3) is 0 Å². The second kappa shape index (κ2) is 8.25. The highest BCUT2D eigenvalue weighted by Crippen LogP contribution is 2.27. The Morgan fingerprint density at radius 2 is 2.10 bits per heavy atom. The van der Waals surface area contributed by atoms with Crippen LogP contribution in [-0.2, 0) is 20.8 Å². The van der Waals surface area contributed by atoms with Crippen molar-refractivity contribution >= 4 is 5.69 Å². The zero-order valence-corrected chi connectivity index (χ0v) is 12.4. The smallest absolute Gasteiger partial charge is 0.0718 e. The second-order valence-electron chi connectivity index (χ2n) is 5.14. The molecule has 0 aliphatic heterocycles. The summed E-state index contributed by atoms with van der Waals surface area (Å²) in [5.41, 5.74) is 2.35. The van der Waals surface area contributed by atoms with E-state index in [0.29, 0.717) is 32.0 Å². The number of hydrogen-bond acceptors (Lipinski definition) is 4. The Morgan fingerprint density at radius 3 is 2.85 bits per heavy atom. The molecule has 0 unspecified atom stereocenters. The van der Waals surface area contributed by atoms with Gasteiger partial charge in [0.1, 0.15) is 0 Å². The first kappa shape index (κ1) is 15.3. The summed E-state index contributed by atoms with van der Waals surface area (Å²) in [5, 5.41) is 3.55. The molecule has 0 radical (unpaired) electrons. The fraction of sp³-hybridized carbons (Fsp3) is 0.625. The van der Waals surface area contributed by atoms with Crippen LogP contribution in [0.3, 0.4) is 0 Å². The van der Waals surface area contributed by atoms with Crippen molar-refractivity contribution in [3.05, 3.63) is 29.8 Å². The molecule has 0 aromatic heterocycles. The molecular weight excluding hydrogens is 254 g/mol. The molecule has 1 aromatic rings. The highest BCUT2D eigenvalue weighted by molar-refractivity contribution is 5.46. The molecule has 0 atom stereocenters. The van der Waals surface area contributed by atoms with Crippen molar-refractivity contribution in [1.82, 2.24) is 0 Å². The molecular formula is C16H25NO3. The lowest BCUT2D eigenvalue weighted by Gasteiger charge is -2.36. The topological polar surface area (TPSA) is 39.7 Å². The fourth-order valence-corrected chi connectivity index (χ4v) is 2.37. The minimum absolute atomic E-state index is 0.443. The Balaban J connectivity index is 1.72. The van der Waals surface area contributed by atoms with Gasteiger partial charge in [0.05, 0.1) is 25.9 Å². The molecule has 1 fully saturated rings. The molecule has 2 rings (SSSR count). The van der Waals surface area contributed by atoms with Crippen LogP contribution in [0.4, 0.5) is 5.69 Å². The highest BCUT2D eigenvalue weighted by Gasteiger charge is 2.29. The minimum atomic E-state index is 0.443. The Morgan fingerprint density at radius 1 is 1.25 bits per heavy atom. The second-order valence-corrected chi connectivity index (χ2v) is 5.14. The summed E-state index contributed by atoms with van der Waals surface area (Å²) in [6.07, 6.45) is 2.64. The Kier molecular flexibility index (Phi) is 6.30. The van der Waals surface area contributed by atoms with Crippen LogP contribution in [0.5, 0.6) is 0 Å². The first-order chi connectivity index (χ1) is 9.81. The molecule has 4 nitrogen and oxygen atoms in total. The summed E-state index contributed by atoms with van der Waals surface area (Å²) in [7, 11) is 1.68. The molecule has 0 heterocycles. The van der Waals surface area contributed by atoms with Crippen molar-refractivity contribution in [2.24, 2.45) is 0 Å². The summed E-state index contributed by atoms with van der Waals surface area (Å²) in [4.78, 5) is 0. The van der Waals surface area contributed by atoms with Crippen LogP contribution in [-0.4, -0.2) is 39.1 Å². The van der Waals surface area contributed by atoms with E-state index in [4.69, 9.17) is 14.2 Å². The third kappa shape index (κ3) is 4.78. The van der Waals surface area contributed by atoms with Crippen LogP contribution in [0.2, 0.25) is 0 Å². The standard InChI is InChI=1S/C16H25NO3/c1-3-20-16-10-15(11-16)17-14-6-4-5-13(9-14)12-19-8-7-18-2/h4-6,9,15-17H,3,7-8,10-12H2,1-2H3. The number of nitrogens with one attached hydrogen (secondary N) is 1. The average Bonchev–Trinajstić information content (AvgIpc) is 2.42. The van der Waals surface area contributed by atoms with Crippen molar-refractivity contribution in [1.29, 1.82) is 0 Å². The van der Waals surface area contributed by atoms with Crippen molar-refractivity contribution in [2.45, 2.75) is 38.5 Å². The number of anilines is 1. The van der Waals surface area contributed by atoms with Crippen molar-refractivity contribution in [3.63, 3.8) is 0 Å². The molecule has 1 saturated carbocycles. The predicted molar refractivity (Wildman–Crippen MR) is 80.0 cm³/mol. The first-order valence-electron chi connectivity index (χ1n) is 7.35. The van der Waals surface area contributed by atoms with Gasteiger partial charge in [-0.3, -0.25) is 0 Å². The molecule has 1 N–H and O–H groups in total. The largest absolute Gasteiger partial charge is 0.382 e. The third-order valence-corrected chi connectivity index (χ3v) is 3.50. The van der Waals surface area contributed by atoms with Gasteiger partial charge in [-0.15, -0.1) is 0 Å². The summed E-state index contributed by atoms with van der Waals surface area (Å²) >= 11 is 0. The van der Waals surface area contributed by atoms with Gasteiger partial charge in [-0.1, -0.05) is 12.1 Å². The molecule has 0 saturated heterocycles. The minimum Gasteiger partial charge on any atom is -0.382 e. The lowest BCUT2D eigenvalue weighted by molar-refractivity contribution is 0.00299. The lowest BCUT2D eigenvalue weighted by Crippen LogP contribution is -2.40. The van der Waals surface area contributed by atoms with E-state index in [0.717, 1.165) is 25.1 Å². The van der Waals surface area contributed by atoms with Gasteiger partial charge < -0.3 is 19.5 Å². The zero-order valence-electron chi connectivity index (χ0n) is 12.4. The van der Waals surface area contributed by atoms with Gasteiger partial charge in [0, 0.05) is 25.4 Å².